The molecule has 2 atom stereocenters. The van der Waals surface area contributed by atoms with E-state index >= 15 is 0 Å². The number of aliphatic hydroxyl groups excluding tert-OH is 1. The van der Waals surface area contributed by atoms with Crippen LogP contribution >= 0.6 is 23.4 Å². The van der Waals surface area contributed by atoms with Crippen LogP contribution in [0.15, 0.2) is 48.5 Å². The lowest BCUT2D eigenvalue weighted by Gasteiger charge is -2.36. The molecule has 2 aromatic carbocycles. The monoisotopic (exact) mass is 403 g/mol. The van der Waals surface area contributed by atoms with Crippen molar-refractivity contribution in [3.8, 4) is 0 Å². The lowest BCUT2D eigenvalue weighted by Crippen LogP contribution is -2.45. The smallest absolute Gasteiger partial charge is 0.0946 e. The maximum atomic E-state index is 11.2. The van der Waals surface area contributed by atoms with Gasteiger partial charge in [0.15, 0.2) is 0 Å². The second kappa shape index (κ2) is 8.31. The number of piperazine rings is 1. The highest BCUT2D eigenvalue weighted by Gasteiger charge is 2.32. The summed E-state index contributed by atoms with van der Waals surface area (Å²) in [4.78, 5) is 7.08. The van der Waals surface area contributed by atoms with Gasteiger partial charge in [-0.3, -0.25) is 0 Å². The highest BCUT2D eigenvalue weighted by molar-refractivity contribution is 8.00. The van der Waals surface area contributed by atoms with Gasteiger partial charge in [0.25, 0.3) is 0 Å². The molecule has 0 spiro atoms. The first-order valence-electron chi connectivity index (χ1n) is 9.44. The molecule has 4 nitrogen and oxygen atoms in total. The Morgan fingerprint density at radius 2 is 1.70 bits per heavy atom. The summed E-state index contributed by atoms with van der Waals surface area (Å²) in [5.41, 5.74) is 3.40. The van der Waals surface area contributed by atoms with Gasteiger partial charge in [-0.05, 0) is 37.4 Å². The fourth-order valence-corrected chi connectivity index (χ4v) is 5.17. The van der Waals surface area contributed by atoms with Crippen LogP contribution in [-0.4, -0.2) is 60.9 Å². The highest BCUT2D eigenvalue weighted by atomic mass is 35.5. The number of halogens is 1. The molecule has 2 saturated heterocycles. The Bertz CT molecular complexity index is 764. The molecule has 144 valence electrons. The van der Waals surface area contributed by atoms with Gasteiger partial charge in [-0.25, -0.2) is 0 Å². The SMILES string of the molecule is CN1CCN(c2ccccc2C(O)C2CN(c3ccc(Cl)cc3)CS2)CC1. The number of para-hydroxylation sites is 1. The van der Waals surface area contributed by atoms with Crippen LogP contribution in [0.2, 0.25) is 5.02 Å². The van der Waals surface area contributed by atoms with Crippen LogP contribution in [0.4, 0.5) is 11.4 Å². The second-order valence-corrected chi connectivity index (χ2v) is 8.96. The summed E-state index contributed by atoms with van der Waals surface area (Å²) < 4.78 is 0. The third-order valence-corrected chi connectivity index (χ3v) is 7.04. The minimum atomic E-state index is -0.469. The number of aliphatic hydroxyl groups is 1. The molecule has 1 N–H and O–H groups in total. The maximum absolute atomic E-state index is 11.2. The van der Waals surface area contributed by atoms with E-state index in [0.29, 0.717) is 0 Å². The quantitative estimate of drug-likeness (QED) is 0.840. The predicted octanol–water partition coefficient (Wildman–Crippen LogP) is 3.70. The number of rotatable bonds is 4. The largest absolute Gasteiger partial charge is 0.387 e. The van der Waals surface area contributed by atoms with Crippen LogP contribution in [0.25, 0.3) is 0 Å². The summed E-state index contributed by atoms with van der Waals surface area (Å²) in [6.07, 6.45) is -0.469. The summed E-state index contributed by atoms with van der Waals surface area (Å²) in [6, 6.07) is 16.3. The lowest BCUT2D eigenvalue weighted by molar-refractivity contribution is 0.177. The molecule has 2 aromatic rings. The highest BCUT2D eigenvalue weighted by Crippen LogP contribution is 2.38. The number of hydrogen-bond donors (Lipinski definition) is 1. The normalized spacial score (nSPS) is 22.3. The van der Waals surface area contributed by atoms with E-state index < -0.39 is 6.10 Å². The van der Waals surface area contributed by atoms with Gasteiger partial charge in [0.1, 0.15) is 0 Å². The Hall–Kier alpha value is -1.40. The van der Waals surface area contributed by atoms with Gasteiger partial charge in [-0.2, -0.15) is 0 Å². The van der Waals surface area contributed by atoms with Crippen LogP contribution in [0.5, 0.6) is 0 Å². The van der Waals surface area contributed by atoms with Crippen molar-refractivity contribution in [3.63, 3.8) is 0 Å². The molecule has 2 heterocycles. The van der Waals surface area contributed by atoms with E-state index in [9.17, 15) is 5.11 Å². The number of benzene rings is 2. The number of nitrogens with zero attached hydrogens (tertiary/aromatic N) is 3. The molecule has 2 unspecified atom stereocenters. The van der Waals surface area contributed by atoms with Gasteiger partial charge in [0, 0.05) is 54.7 Å². The Balaban J connectivity index is 1.48. The van der Waals surface area contributed by atoms with Crippen molar-refractivity contribution in [2.45, 2.75) is 11.4 Å². The van der Waals surface area contributed by atoms with Crippen molar-refractivity contribution in [2.75, 3.05) is 55.4 Å². The molecule has 2 fully saturated rings. The molecule has 6 heteroatoms. The molecule has 0 aliphatic carbocycles. The molecule has 0 aromatic heterocycles. The first kappa shape index (κ1) is 18.9. The zero-order chi connectivity index (χ0) is 18.8. The topological polar surface area (TPSA) is 30.0 Å². The third-order valence-electron chi connectivity index (χ3n) is 5.49. The van der Waals surface area contributed by atoms with Crippen molar-refractivity contribution >= 4 is 34.7 Å². The van der Waals surface area contributed by atoms with Gasteiger partial charge in [-0.15, -0.1) is 11.8 Å². The Morgan fingerprint density at radius 3 is 2.44 bits per heavy atom. The van der Waals surface area contributed by atoms with Crippen LogP contribution in [0.1, 0.15) is 11.7 Å². The van der Waals surface area contributed by atoms with Crippen LogP contribution in [-0.2, 0) is 0 Å². The molecule has 2 aliphatic rings. The Morgan fingerprint density at radius 1 is 1.00 bits per heavy atom. The maximum Gasteiger partial charge on any atom is 0.0946 e. The summed E-state index contributed by atoms with van der Waals surface area (Å²) in [5, 5.41) is 12.1. The van der Waals surface area contributed by atoms with Gasteiger partial charge in [0.05, 0.1) is 17.2 Å². The van der Waals surface area contributed by atoms with E-state index in [1.807, 2.05) is 30.0 Å². The van der Waals surface area contributed by atoms with E-state index in [-0.39, 0.29) is 5.25 Å². The van der Waals surface area contributed by atoms with Gasteiger partial charge in [0.2, 0.25) is 0 Å². The molecule has 0 amide bonds. The van der Waals surface area contributed by atoms with Crippen molar-refractivity contribution in [1.82, 2.24) is 4.90 Å². The van der Waals surface area contributed by atoms with Crippen molar-refractivity contribution < 1.29 is 5.11 Å². The molecule has 0 bridgehead atoms. The molecule has 2 aliphatic heterocycles. The zero-order valence-electron chi connectivity index (χ0n) is 15.6. The fourth-order valence-electron chi connectivity index (χ4n) is 3.80. The minimum Gasteiger partial charge on any atom is -0.387 e. The third kappa shape index (κ3) is 4.21. The molecular formula is C21H26ClN3OS. The van der Waals surface area contributed by atoms with E-state index in [1.165, 1.54) is 5.69 Å². The second-order valence-electron chi connectivity index (χ2n) is 7.33. The molecular weight excluding hydrogens is 378 g/mol. The first-order chi connectivity index (χ1) is 13.1. The number of hydrogen-bond acceptors (Lipinski definition) is 5. The summed E-state index contributed by atoms with van der Waals surface area (Å²) in [5.74, 6) is 0.889. The zero-order valence-corrected chi connectivity index (χ0v) is 17.2. The molecule has 0 radical (unpaired) electrons. The number of likely N-dealkylation sites (N-methyl/N-ethyl adjacent to an activating group) is 1. The van der Waals surface area contributed by atoms with Crippen molar-refractivity contribution in [2.24, 2.45) is 0 Å². The Kier molecular flexibility index (Phi) is 5.83. The van der Waals surface area contributed by atoms with Crippen molar-refractivity contribution in [3.05, 3.63) is 59.1 Å². The van der Waals surface area contributed by atoms with Crippen LogP contribution in [0, 0.1) is 0 Å². The average Bonchev–Trinajstić information content (AvgIpc) is 3.19. The minimum absolute atomic E-state index is 0.161. The molecule has 0 saturated carbocycles. The molecule has 4 rings (SSSR count). The van der Waals surface area contributed by atoms with Gasteiger partial charge < -0.3 is 19.8 Å². The average molecular weight is 404 g/mol. The first-order valence-corrected chi connectivity index (χ1v) is 10.9. The predicted molar refractivity (Wildman–Crippen MR) is 116 cm³/mol. The van der Waals surface area contributed by atoms with E-state index in [2.05, 4.69) is 52.1 Å². The number of anilines is 2. The van der Waals surface area contributed by atoms with E-state index in [0.717, 1.165) is 54.9 Å². The standard InChI is InChI=1S/C21H26ClN3OS/c1-23-10-12-24(13-11-23)19-5-3-2-4-18(19)21(26)20-14-25(15-27-20)17-8-6-16(22)7-9-17/h2-9,20-21,26H,10-15H2,1H3. The van der Waals surface area contributed by atoms with E-state index in [1.54, 1.807) is 0 Å². The molecule has 27 heavy (non-hydrogen) atoms. The summed E-state index contributed by atoms with van der Waals surface area (Å²) in [6.45, 7) is 4.98. The summed E-state index contributed by atoms with van der Waals surface area (Å²) >= 11 is 7.83. The Labute approximate surface area is 170 Å². The summed E-state index contributed by atoms with van der Waals surface area (Å²) in [7, 11) is 2.17. The lowest BCUT2D eigenvalue weighted by atomic mass is 10.0. The van der Waals surface area contributed by atoms with Crippen molar-refractivity contribution in [1.29, 1.82) is 0 Å². The van der Waals surface area contributed by atoms with Crippen LogP contribution in [0.3, 0.4) is 0 Å². The van der Waals surface area contributed by atoms with Gasteiger partial charge in [-0.1, -0.05) is 29.8 Å². The van der Waals surface area contributed by atoms with Gasteiger partial charge >= 0.3 is 0 Å². The van der Waals surface area contributed by atoms with E-state index in [4.69, 9.17) is 11.6 Å². The number of thioether (sulfide) groups is 1. The van der Waals surface area contributed by atoms with Crippen LogP contribution < -0.4 is 9.80 Å². The fraction of sp³-hybridized carbons (Fsp3) is 0.429.